The summed E-state index contributed by atoms with van der Waals surface area (Å²) in [6.45, 7) is 5.37. The number of carbonyl (C=O) groups is 1. The molecule has 27 heavy (non-hydrogen) atoms. The molecule has 0 bridgehead atoms. The molecule has 0 unspecified atom stereocenters. The molecule has 0 saturated carbocycles. The zero-order valence-electron chi connectivity index (χ0n) is 16.4. The number of fused-ring (bicyclic) bond motifs is 1. The monoisotopic (exact) mass is 368 g/mol. The number of likely N-dealkylation sites (tertiary alicyclic amines) is 2. The topological polar surface area (TPSA) is 41.4 Å². The highest BCUT2D eigenvalue weighted by Crippen LogP contribution is 2.20. The molecule has 3 heterocycles. The van der Waals surface area contributed by atoms with Crippen molar-refractivity contribution >= 4 is 16.9 Å². The Morgan fingerprint density at radius 2 is 1.48 bits per heavy atom. The van der Waals surface area contributed by atoms with E-state index in [2.05, 4.69) is 26.5 Å². The fraction of sp³-hybridized carbons (Fsp3) is 0.636. The zero-order chi connectivity index (χ0) is 18.5. The minimum atomic E-state index is 0.247. The maximum Gasteiger partial charge on any atom is 0.242 e. The van der Waals surface area contributed by atoms with Crippen LogP contribution in [0.1, 0.15) is 57.2 Å². The molecule has 1 aromatic heterocycles. The fourth-order valence-electron chi connectivity index (χ4n) is 4.47. The zero-order valence-corrected chi connectivity index (χ0v) is 16.4. The fourth-order valence-corrected chi connectivity index (χ4v) is 4.47. The molecule has 146 valence electrons. The Morgan fingerprint density at radius 1 is 0.852 bits per heavy atom. The third-order valence-corrected chi connectivity index (χ3v) is 6.05. The average Bonchev–Trinajstić information content (AvgIpc) is 2.93. The van der Waals surface area contributed by atoms with Gasteiger partial charge in [-0.3, -0.25) is 9.69 Å². The summed E-state index contributed by atoms with van der Waals surface area (Å²) in [6.07, 6.45) is 9.98. The van der Waals surface area contributed by atoms with Crippen molar-refractivity contribution in [3.05, 3.63) is 30.1 Å². The van der Waals surface area contributed by atoms with E-state index in [-0.39, 0.29) is 5.91 Å². The van der Waals surface area contributed by atoms with Gasteiger partial charge < -0.3 is 9.47 Å². The van der Waals surface area contributed by atoms with Crippen LogP contribution in [0.5, 0.6) is 0 Å². The van der Waals surface area contributed by atoms with E-state index in [0.717, 1.165) is 62.4 Å². The first-order valence-corrected chi connectivity index (χ1v) is 10.8. The molecule has 4 rings (SSSR count). The van der Waals surface area contributed by atoms with Crippen LogP contribution in [0.4, 0.5) is 0 Å². The molecule has 5 heteroatoms. The SMILES string of the molecule is O=C(Cn1c(CN2CCCCCC2)nc2ccccc21)N1CCCCCC1. The lowest BCUT2D eigenvalue weighted by Crippen LogP contribution is -2.35. The molecule has 0 aliphatic carbocycles. The van der Waals surface area contributed by atoms with Gasteiger partial charge in [0.05, 0.1) is 17.6 Å². The van der Waals surface area contributed by atoms with Crippen LogP contribution in [0, 0.1) is 0 Å². The molecule has 2 aliphatic heterocycles. The summed E-state index contributed by atoms with van der Waals surface area (Å²) in [7, 11) is 0. The van der Waals surface area contributed by atoms with Gasteiger partial charge in [0.25, 0.3) is 0 Å². The van der Waals surface area contributed by atoms with Gasteiger partial charge in [-0.15, -0.1) is 0 Å². The Bertz CT molecular complexity index is 753. The van der Waals surface area contributed by atoms with Gasteiger partial charge in [0.15, 0.2) is 0 Å². The molecular weight excluding hydrogens is 336 g/mol. The summed E-state index contributed by atoms with van der Waals surface area (Å²) < 4.78 is 2.17. The summed E-state index contributed by atoms with van der Waals surface area (Å²) in [5.41, 5.74) is 2.09. The van der Waals surface area contributed by atoms with Crippen LogP contribution in [-0.4, -0.2) is 51.4 Å². The Hall–Kier alpha value is -1.88. The number of hydrogen-bond acceptors (Lipinski definition) is 3. The third-order valence-electron chi connectivity index (χ3n) is 6.05. The average molecular weight is 369 g/mol. The second-order valence-electron chi connectivity index (χ2n) is 8.09. The molecule has 2 aromatic rings. The van der Waals surface area contributed by atoms with Crippen LogP contribution >= 0.6 is 0 Å². The van der Waals surface area contributed by atoms with Gasteiger partial charge in [-0.25, -0.2) is 4.98 Å². The highest BCUT2D eigenvalue weighted by Gasteiger charge is 2.20. The minimum absolute atomic E-state index is 0.247. The van der Waals surface area contributed by atoms with E-state index in [4.69, 9.17) is 4.98 Å². The Kier molecular flexibility index (Phi) is 6.07. The lowest BCUT2D eigenvalue weighted by atomic mass is 10.2. The standard InChI is InChI=1S/C22H32N4O/c27-22(25-15-9-3-4-10-16-25)18-26-20-12-6-5-11-19(20)23-21(26)17-24-13-7-1-2-8-14-24/h5-6,11-12H,1-4,7-10,13-18H2. The predicted molar refractivity (Wildman–Crippen MR) is 109 cm³/mol. The van der Waals surface area contributed by atoms with Gasteiger partial charge in [-0.1, -0.05) is 37.8 Å². The molecule has 1 aromatic carbocycles. The van der Waals surface area contributed by atoms with E-state index in [9.17, 15) is 4.79 Å². The number of carbonyl (C=O) groups excluding carboxylic acids is 1. The first-order valence-electron chi connectivity index (χ1n) is 10.8. The van der Waals surface area contributed by atoms with Gasteiger partial charge in [0.2, 0.25) is 5.91 Å². The van der Waals surface area contributed by atoms with Gasteiger partial charge in [0, 0.05) is 13.1 Å². The summed E-state index contributed by atoms with van der Waals surface area (Å²) in [6, 6.07) is 8.25. The van der Waals surface area contributed by atoms with Crippen molar-refractivity contribution in [1.82, 2.24) is 19.4 Å². The van der Waals surface area contributed by atoms with Crippen molar-refractivity contribution in [3.63, 3.8) is 0 Å². The van der Waals surface area contributed by atoms with E-state index in [0.29, 0.717) is 6.54 Å². The van der Waals surface area contributed by atoms with E-state index in [1.807, 2.05) is 12.1 Å². The summed E-state index contributed by atoms with van der Waals surface area (Å²) >= 11 is 0. The van der Waals surface area contributed by atoms with Crippen molar-refractivity contribution in [2.75, 3.05) is 26.2 Å². The summed E-state index contributed by atoms with van der Waals surface area (Å²) in [5.74, 6) is 1.29. The lowest BCUT2D eigenvalue weighted by Gasteiger charge is -2.23. The van der Waals surface area contributed by atoms with E-state index in [1.165, 1.54) is 38.5 Å². The van der Waals surface area contributed by atoms with Crippen LogP contribution < -0.4 is 0 Å². The number of hydrogen-bond donors (Lipinski definition) is 0. The number of imidazole rings is 1. The number of amides is 1. The summed E-state index contributed by atoms with van der Waals surface area (Å²) in [4.78, 5) is 22.5. The molecule has 0 atom stereocenters. The molecule has 0 radical (unpaired) electrons. The Morgan fingerprint density at radius 3 is 2.19 bits per heavy atom. The Labute approximate surface area is 162 Å². The molecular formula is C22H32N4O. The van der Waals surface area contributed by atoms with Crippen molar-refractivity contribution in [3.8, 4) is 0 Å². The molecule has 2 aliphatic rings. The molecule has 1 amide bonds. The highest BCUT2D eigenvalue weighted by molar-refractivity contribution is 5.81. The number of rotatable bonds is 4. The predicted octanol–water partition coefficient (Wildman–Crippen LogP) is 3.81. The summed E-state index contributed by atoms with van der Waals surface area (Å²) in [5, 5.41) is 0. The number of para-hydroxylation sites is 2. The number of benzene rings is 1. The minimum Gasteiger partial charge on any atom is -0.341 e. The van der Waals surface area contributed by atoms with Gasteiger partial charge in [0.1, 0.15) is 12.4 Å². The van der Waals surface area contributed by atoms with Gasteiger partial charge in [-0.2, -0.15) is 0 Å². The van der Waals surface area contributed by atoms with Gasteiger partial charge >= 0.3 is 0 Å². The van der Waals surface area contributed by atoms with Crippen molar-refractivity contribution in [2.24, 2.45) is 0 Å². The van der Waals surface area contributed by atoms with E-state index in [1.54, 1.807) is 0 Å². The van der Waals surface area contributed by atoms with Crippen LogP contribution in [0.25, 0.3) is 11.0 Å². The third kappa shape index (κ3) is 4.52. The maximum absolute atomic E-state index is 13.0. The quantitative estimate of drug-likeness (QED) is 0.824. The number of aromatic nitrogens is 2. The highest BCUT2D eigenvalue weighted by atomic mass is 16.2. The Balaban J connectivity index is 1.56. The maximum atomic E-state index is 13.0. The van der Waals surface area contributed by atoms with Crippen molar-refractivity contribution in [2.45, 2.75) is 64.5 Å². The van der Waals surface area contributed by atoms with E-state index < -0.39 is 0 Å². The second kappa shape index (κ2) is 8.87. The largest absolute Gasteiger partial charge is 0.341 e. The van der Waals surface area contributed by atoms with E-state index >= 15 is 0 Å². The number of nitrogens with zero attached hydrogens (tertiary/aromatic N) is 4. The smallest absolute Gasteiger partial charge is 0.242 e. The molecule has 5 nitrogen and oxygen atoms in total. The van der Waals surface area contributed by atoms with Crippen LogP contribution in [0.15, 0.2) is 24.3 Å². The lowest BCUT2D eigenvalue weighted by molar-refractivity contribution is -0.131. The van der Waals surface area contributed by atoms with Crippen LogP contribution in [0.3, 0.4) is 0 Å². The molecule has 0 N–H and O–H groups in total. The van der Waals surface area contributed by atoms with Crippen molar-refractivity contribution < 1.29 is 4.79 Å². The second-order valence-corrected chi connectivity index (χ2v) is 8.09. The molecule has 2 saturated heterocycles. The molecule has 0 spiro atoms. The first-order chi connectivity index (χ1) is 13.3. The molecule has 2 fully saturated rings. The normalized spacial score (nSPS) is 19.8. The first kappa shape index (κ1) is 18.5. The van der Waals surface area contributed by atoms with Crippen LogP contribution in [-0.2, 0) is 17.9 Å². The van der Waals surface area contributed by atoms with Crippen LogP contribution in [0.2, 0.25) is 0 Å². The van der Waals surface area contributed by atoms with Crippen molar-refractivity contribution in [1.29, 1.82) is 0 Å². The van der Waals surface area contributed by atoms with Gasteiger partial charge in [-0.05, 0) is 50.9 Å².